The summed E-state index contributed by atoms with van der Waals surface area (Å²) in [4.78, 5) is 42.9. The first-order chi connectivity index (χ1) is 16.6. The lowest BCUT2D eigenvalue weighted by atomic mass is 10.1. The van der Waals surface area contributed by atoms with Gasteiger partial charge in [-0.1, -0.05) is 47.7 Å². The third-order valence-corrected chi connectivity index (χ3v) is 6.97. The molecule has 1 aliphatic rings. The van der Waals surface area contributed by atoms with Gasteiger partial charge in [-0.15, -0.1) is 0 Å². The SMILES string of the molecule is Cc1nc(N2CCN(Cc3ncoc3-c3ccccc3)C2=O)sc1C(=O)CCc1cccnc1. The number of hydrogen-bond acceptors (Lipinski definition) is 7. The van der Waals surface area contributed by atoms with Gasteiger partial charge in [0.05, 0.1) is 17.1 Å². The van der Waals surface area contributed by atoms with Crippen molar-refractivity contribution in [2.75, 3.05) is 18.0 Å². The van der Waals surface area contributed by atoms with Crippen LogP contribution >= 0.6 is 11.3 Å². The summed E-state index contributed by atoms with van der Waals surface area (Å²) in [5.41, 5.74) is 3.31. The molecular weight excluding hydrogens is 450 g/mol. The van der Waals surface area contributed by atoms with Crippen molar-refractivity contribution >= 4 is 28.3 Å². The zero-order valence-electron chi connectivity index (χ0n) is 18.7. The van der Waals surface area contributed by atoms with Crippen molar-refractivity contribution in [1.29, 1.82) is 0 Å². The molecule has 9 heteroatoms. The number of pyridine rings is 1. The Morgan fingerprint density at radius 1 is 1.15 bits per heavy atom. The zero-order chi connectivity index (χ0) is 23.5. The molecule has 4 aromatic rings. The van der Waals surface area contributed by atoms with Gasteiger partial charge in [-0.05, 0) is 25.0 Å². The van der Waals surface area contributed by atoms with E-state index in [2.05, 4.69) is 15.0 Å². The summed E-state index contributed by atoms with van der Waals surface area (Å²) in [5, 5.41) is 0.554. The van der Waals surface area contributed by atoms with Gasteiger partial charge in [-0.3, -0.25) is 14.7 Å². The first-order valence-corrected chi connectivity index (χ1v) is 11.9. The minimum absolute atomic E-state index is 0.0312. The number of amides is 2. The Morgan fingerprint density at radius 3 is 2.79 bits per heavy atom. The lowest BCUT2D eigenvalue weighted by Crippen LogP contribution is -2.31. The lowest BCUT2D eigenvalue weighted by Gasteiger charge is -2.16. The molecule has 0 radical (unpaired) electrons. The van der Waals surface area contributed by atoms with Gasteiger partial charge in [0.15, 0.2) is 23.1 Å². The molecule has 1 saturated heterocycles. The van der Waals surface area contributed by atoms with E-state index >= 15 is 0 Å². The normalized spacial score (nSPS) is 13.6. The predicted octanol–water partition coefficient (Wildman–Crippen LogP) is 4.76. The first kappa shape index (κ1) is 22.0. The highest BCUT2D eigenvalue weighted by Gasteiger charge is 2.33. The van der Waals surface area contributed by atoms with Crippen molar-refractivity contribution in [2.45, 2.75) is 26.3 Å². The van der Waals surface area contributed by atoms with Crippen LogP contribution < -0.4 is 4.90 Å². The average Bonchev–Trinajstić information content (AvgIpc) is 3.58. The maximum Gasteiger partial charge on any atom is 0.326 e. The van der Waals surface area contributed by atoms with Gasteiger partial charge in [-0.25, -0.2) is 14.8 Å². The molecule has 0 N–H and O–H groups in total. The Bertz CT molecular complexity index is 1300. The lowest BCUT2D eigenvalue weighted by molar-refractivity contribution is 0.0986. The fraction of sp³-hybridized carbons (Fsp3) is 0.240. The number of carbonyl (C=O) groups excluding carboxylic acids is 2. The van der Waals surface area contributed by atoms with Crippen LogP contribution in [0.2, 0.25) is 0 Å². The molecule has 172 valence electrons. The highest BCUT2D eigenvalue weighted by Crippen LogP contribution is 2.31. The Morgan fingerprint density at radius 2 is 2.00 bits per heavy atom. The molecule has 1 fully saturated rings. The molecule has 0 saturated carbocycles. The third-order valence-electron chi connectivity index (χ3n) is 5.75. The number of anilines is 1. The summed E-state index contributed by atoms with van der Waals surface area (Å²) in [5.74, 6) is 0.696. The monoisotopic (exact) mass is 473 g/mol. The molecule has 4 heterocycles. The van der Waals surface area contributed by atoms with Crippen LogP contribution in [0.5, 0.6) is 0 Å². The zero-order valence-corrected chi connectivity index (χ0v) is 19.5. The number of hydrogen-bond donors (Lipinski definition) is 0. The molecule has 0 aliphatic carbocycles. The molecule has 5 rings (SSSR count). The van der Waals surface area contributed by atoms with Gasteiger partial charge in [0.25, 0.3) is 0 Å². The Labute approximate surface area is 200 Å². The Kier molecular flexibility index (Phi) is 6.18. The smallest absolute Gasteiger partial charge is 0.326 e. The van der Waals surface area contributed by atoms with Crippen molar-refractivity contribution in [2.24, 2.45) is 0 Å². The number of benzene rings is 1. The summed E-state index contributed by atoms with van der Waals surface area (Å²) < 4.78 is 5.59. The second-order valence-corrected chi connectivity index (χ2v) is 9.02. The van der Waals surface area contributed by atoms with Crippen LogP contribution in [0.3, 0.4) is 0 Å². The van der Waals surface area contributed by atoms with E-state index in [1.165, 1.54) is 17.7 Å². The van der Waals surface area contributed by atoms with Gasteiger partial charge in [0.2, 0.25) is 0 Å². The predicted molar refractivity (Wildman–Crippen MR) is 129 cm³/mol. The number of nitrogens with zero attached hydrogens (tertiary/aromatic N) is 5. The molecular formula is C25H23N5O3S. The van der Waals surface area contributed by atoms with Crippen LogP contribution in [0.1, 0.15) is 33.0 Å². The van der Waals surface area contributed by atoms with Gasteiger partial charge in [-0.2, -0.15) is 0 Å². The van der Waals surface area contributed by atoms with Crippen LogP contribution in [-0.4, -0.2) is 44.8 Å². The van der Waals surface area contributed by atoms with Gasteiger partial charge in [0.1, 0.15) is 5.69 Å². The minimum atomic E-state index is -0.148. The van der Waals surface area contributed by atoms with E-state index < -0.39 is 0 Å². The van der Waals surface area contributed by atoms with Crippen molar-refractivity contribution in [3.05, 3.63) is 83.1 Å². The van der Waals surface area contributed by atoms with Crippen LogP contribution in [-0.2, 0) is 13.0 Å². The van der Waals surface area contributed by atoms with Crippen molar-refractivity contribution in [3.63, 3.8) is 0 Å². The van der Waals surface area contributed by atoms with Crippen LogP contribution in [0.4, 0.5) is 9.93 Å². The number of urea groups is 1. The molecule has 2 amide bonds. The fourth-order valence-electron chi connectivity index (χ4n) is 3.97. The minimum Gasteiger partial charge on any atom is -0.443 e. The number of Topliss-reactive ketones (excluding diaryl/α,β-unsaturated/α-hetero) is 1. The molecule has 3 aromatic heterocycles. The highest BCUT2D eigenvalue weighted by molar-refractivity contribution is 7.17. The van der Waals surface area contributed by atoms with Gasteiger partial charge >= 0.3 is 6.03 Å². The second-order valence-electron chi connectivity index (χ2n) is 8.05. The van der Waals surface area contributed by atoms with Crippen molar-refractivity contribution < 1.29 is 14.0 Å². The Balaban J connectivity index is 1.26. The van der Waals surface area contributed by atoms with E-state index in [4.69, 9.17) is 4.42 Å². The van der Waals surface area contributed by atoms with Crippen LogP contribution in [0.15, 0.2) is 65.7 Å². The van der Waals surface area contributed by atoms with E-state index in [1.807, 2.05) is 49.4 Å². The van der Waals surface area contributed by atoms with E-state index in [9.17, 15) is 9.59 Å². The number of ketones is 1. The maximum atomic E-state index is 13.1. The first-order valence-electron chi connectivity index (χ1n) is 11.0. The number of carbonyl (C=O) groups is 2. The number of thiazole rings is 1. The molecule has 1 aliphatic heterocycles. The molecule has 8 nitrogen and oxygen atoms in total. The maximum absolute atomic E-state index is 13.1. The van der Waals surface area contributed by atoms with Crippen LogP contribution in [0, 0.1) is 6.92 Å². The number of rotatable bonds is 8. The van der Waals surface area contributed by atoms with Gasteiger partial charge < -0.3 is 9.32 Å². The molecule has 0 bridgehead atoms. The summed E-state index contributed by atoms with van der Waals surface area (Å²) in [6, 6.07) is 13.4. The second kappa shape index (κ2) is 9.56. The summed E-state index contributed by atoms with van der Waals surface area (Å²) >= 11 is 1.28. The molecule has 0 spiro atoms. The molecule has 0 atom stereocenters. The molecule has 34 heavy (non-hydrogen) atoms. The molecule has 0 unspecified atom stereocenters. The largest absolute Gasteiger partial charge is 0.443 e. The Hall–Kier alpha value is -3.85. The number of aryl methyl sites for hydroxylation is 2. The average molecular weight is 474 g/mol. The fourth-order valence-corrected chi connectivity index (χ4v) is 5.02. The van der Waals surface area contributed by atoms with E-state index in [-0.39, 0.29) is 11.8 Å². The summed E-state index contributed by atoms with van der Waals surface area (Å²) in [7, 11) is 0. The van der Waals surface area contributed by atoms with Crippen LogP contribution in [0.25, 0.3) is 11.3 Å². The standard InChI is InChI=1S/C25H23N5O3S/c1-17-23(21(31)10-9-18-6-5-11-26-14-18)34-24(28-17)30-13-12-29(25(30)32)15-20-22(33-16-27-20)19-7-3-2-4-8-19/h2-8,11,14,16H,9-10,12-13,15H2,1H3. The topological polar surface area (TPSA) is 92.4 Å². The number of aromatic nitrogens is 3. The van der Waals surface area contributed by atoms with Crippen molar-refractivity contribution in [3.8, 4) is 11.3 Å². The third kappa shape index (κ3) is 4.47. The van der Waals surface area contributed by atoms with E-state index in [1.54, 1.807) is 22.2 Å². The summed E-state index contributed by atoms with van der Waals surface area (Å²) in [6.45, 7) is 3.21. The van der Waals surface area contributed by atoms with E-state index in [0.29, 0.717) is 59.6 Å². The summed E-state index contributed by atoms with van der Waals surface area (Å²) in [6.07, 6.45) is 5.89. The van der Waals surface area contributed by atoms with Crippen molar-refractivity contribution in [1.82, 2.24) is 19.9 Å². The van der Waals surface area contributed by atoms with Gasteiger partial charge in [0, 0.05) is 37.5 Å². The number of oxazole rings is 1. The van der Waals surface area contributed by atoms with E-state index in [0.717, 1.165) is 11.1 Å². The highest BCUT2D eigenvalue weighted by atomic mass is 32.1. The molecule has 1 aromatic carbocycles. The quantitative estimate of drug-likeness (QED) is 0.343.